The van der Waals surface area contributed by atoms with E-state index in [2.05, 4.69) is 53.0 Å². The molecule has 0 rings (SSSR count). The number of hydrogen-bond donors (Lipinski definition) is 0. The highest BCUT2D eigenvalue weighted by atomic mass is 28.4. The molecule has 0 unspecified atom stereocenters. The van der Waals surface area contributed by atoms with E-state index in [1.807, 2.05) is 0 Å². The van der Waals surface area contributed by atoms with Crippen molar-refractivity contribution in [1.29, 1.82) is 0 Å². The summed E-state index contributed by atoms with van der Waals surface area (Å²) in [6.07, 6.45) is 1.11. The van der Waals surface area contributed by atoms with Crippen LogP contribution in [0, 0.1) is 0 Å². The fourth-order valence-electron chi connectivity index (χ4n) is 2.61. The molecule has 3 nitrogen and oxygen atoms in total. The Labute approximate surface area is 109 Å². The zero-order chi connectivity index (χ0) is 13.5. The van der Waals surface area contributed by atoms with E-state index >= 15 is 0 Å². The van der Waals surface area contributed by atoms with Crippen LogP contribution >= 0.6 is 0 Å². The lowest BCUT2D eigenvalue weighted by molar-refractivity contribution is 0.0920. The van der Waals surface area contributed by atoms with Crippen LogP contribution in [0.15, 0.2) is 0 Å². The number of nitrogens with zero attached hydrogens (tertiary/aromatic N) is 1. The van der Waals surface area contributed by atoms with E-state index in [1.54, 1.807) is 0 Å². The molecule has 0 atom stereocenters. The van der Waals surface area contributed by atoms with Crippen molar-refractivity contribution in [2.75, 3.05) is 13.2 Å². The van der Waals surface area contributed by atoms with Gasteiger partial charge in [0.1, 0.15) is 0 Å². The van der Waals surface area contributed by atoms with Gasteiger partial charge in [0.25, 0.3) is 0 Å². The van der Waals surface area contributed by atoms with Gasteiger partial charge in [0.2, 0.25) is 0 Å². The van der Waals surface area contributed by atoms with Crippen LogP contribution in [0.4, 0.5) is 0 Å². The summed E-state index contributed by atoms with van der Waals surface area (Å²) in [5, 5.41) is 0. The highest BCUT2D eigenvalue weighted by Gasteiger charge is 2.46. The van der Waals surface area contributed by atoms with Gasteiger partial charge in [-0.15, -0.1) is 0 Å². The maximum atomic E-state index is 6.14. The van der Waals surface area contributed by atoms with Gasteiger partial charge in [-0.1, -0.05) is 41.0 Å². The fraction of sp³-hybridized carbons (Fsp3) is 1.00. The van der Waals surface area contributed by atoms with Gasteiger partial charge in [0.15, 0.2) is 0 Å². The van der Waals surface area contributed by atoms with Gasteiger partial charge in [0, 0.05) is 31.3 Å². The monoisotopic (exact) mass is 261 g/mol. The molecule has 0 aliphatic carbocycles. The molecule has 0 bridgehead atoms. The van der Waals surface area contributed by atoms with Crippen LogP contribution in [0.25, 0.3) is 0 Å². The van der Waals surface area contributed by atoms with Crippen LogP contribution in [-0.4, -0.2) is 38.6 Å². The Balaban J connectivity index is 5.17. The van der Waals surface area contributed by atoms with Crippen molar-refractivity contribution < 1.29 is 8.85 Å². The molecule has 0 amide bonds. The second kappa shape index (κ2) is 8.24. The largest absolute Gasteiger partial charge is 0.428 e. The molecule has 0 fully saturated rings. The van der Waals surface area contributed by atoms with E-state index in [0.29, 0.717) is 12.1 Å². The molecule has 0 heterocycles. The van der Waals surface area contributed by atoms with Gasteiger partial charge >= 0.3 is 8.72 Å². The van der Waals surface area contributed by atoms with E-state index in [9.17, 15) is 0 Å². The molecular weight excluding hydrogens is 230 g/mol. The van der Waals surface area contributed by atoms with Crippen molar-refractivity contribution in [3.05, 3.63) is 0 Å². The Morgan fingerprint density at radius 1 is 0.882 bits per heavy atom. The summed E-state index contributed by atoms with van der Waals surface area (Å²) in [5.74, 6) is 0. The summed E-state index contributed by atoms with van der Waals surface area (Å²) in [6, 6.07) is 1.98. The molecule has 0 aromatic heterocycles. The summed E-state index contributed by atoms with van der Waals surface area (Å²) in [4.78, 5) is 0. The Morgan fingerprint density at radius 2 is 1.29 bits per heavy atom. The summed E-state index contributed by atoms with van der Waals surface area (Å²) < 4.78 is 14.8. The average Bonchev–Trinajstić information content (AvgIpc) is 2.17. The molecule has 17 heavy (non-hydrogen) atoms. The van der Waals surface area contributed by atoms with E-state index in [4.69, 9.17) is 8.85 Å². The van der Waals surface area contributed by atoms with E-state index in [0.717, 1.165) is 25.7 Å². The molecule has 0 aromatic carbocycles. The molecule has 4 heteroatoms. The third kappa shape index (κ3) is 4.70. The van der Waals surface area contributed by atoms with Gasteiger partial charge in [-0.3, -0.25) is 4.57 Å². The zero-order valence-electron chi connectivity index (χ0n) is 12.7. The van der Waals surface area contributed by atoms with E-state index in [1.165, 1.54) is 0 Å². The van der Waals surface area contributed by atoms with Crippen LogP contribution in [0.5, 0.6) is 0 Å². The maximum absolute atomic E-state index is 6.14. The second-order valence-electron chi connectivity index (χ2n) is 4.92. The highest BCUT2D eigenvalue weighted by molar-refractivity contribution is 6.64. The highest BCUT2D eigenvalue weighted by Crippen LogP contribution is 2.25. The maximum Gasteiger partial charge on any atom is 0.428 e. The molecule has 0 aliphatic heterocycles. The first-order chi connectivity index (χ1) is 7.95. The Morgan fingerprint density at radius 3 is 1.53 bits per heavy atom. The van der Waals surface area contributed by atoms with Crippen LogP contribution in [0.3, 0.4) is 0 Å². The molecule has 0 aliphatic rings. The van der Waals surface area contributed by atoms with Crippen molar-refractivity contribution in [2.24, 2.45) is 0 Å². The minimum atomic E-state index is -2.22. The minimum absolute atomic E-state index is 0.464. The summed E-state index contributed by atoms with van der Waals surface area (Å²) in [7, 11) is -2.22. The first-order valence-electron chi connectivity index (χ1n) is 7.01. The number of hydrogen-bond acceptors (Lipinski definition) is 3. The van der Waals surface area contributed by atoms with Crippen molar-refractivity contribution in [2.45, 2.75) is 73.0 Å². The third-order valence-electron chi connectivity index (χ3n) is 2.81. The quantitative estimate of drug-likeness (QED) is 0.593. The van der Waals surface area contributed by atoms with Crippen LogP contribution in [-0.2, 0) is 8.85 Å². The van der Waals surface area contributed by atoms with Crippen LogP contribution < -0.4 is 0 Å². The Bertz CT molecular complexity index is 173. The van der Waals surface area contributed by atoms with Crippen LogP contribution in [0.1, 0.15) is 54.9 Å². The first-order valence-corrected chi connectivity index (χ1v) is 8.98. The number of rotatable bonds is 9. The molecule has 0 saturated carbocycles. The van der Waals surface area contributed by atoms with Gasteiger partial charge in [0.05, 0.1) is 0 Å². The van der Waals surface area contributed by atoms with Crippen molar-refractivity contribution in [3.8, 4) is 0 Å². The molecule has 0 aromatic rings. The van der Waals surface area contributed by atoms with Gasteiger partial charge in [-0.25, -0.2) is 0 Å². The Hall–Kier alpha value is 0.0969. The standard InChI is InChI=1S/C13H31NO2Si/c1-8-11-17(15-9-2,16-10-3)14(12(4)5)13(6)7/h12-13H,8-11H2,1-7H3. The van der Waals surface area contributed by atoms with Crippen LogP contribution in [0.2, 0.25) is 6.04 Å². The summed E-state index contributed by atoms with van der Waals surface area (Å²) >= 11 is 0. The average molecular weight is 261 g/mol. The van der Waals surface area contributed by atoms with Crippen molar-refractivity contribution in [3.63, 3.8) is 0 Å². The lowest BCUT2D eigenvalue weighted by Crippen LogP contribution is -2.63. The third-order valence-corrected chi connectivity index (χ3v) is 7.24. The van der Waals surface area contributed by atoms with E-state index in [-0.39, 0.29) is 0 Å². The van der Waals surface area contributed by atoms with Gasteiger partial charge in [-0.05, 0) is 13.8 Å². The summed E-state index contributed by atoms with van der Waals surface area (Å²) in [5.41, 5.74) is 0. The predicted molar refractivity (Wildman–Crippen MR) is 76.2 cm³/mol. The minimum Gasteiger partial charge on any atom is -0.383 e. The molecule has 0 spiro atoms. The first kappa shape index (κ1) is 17.1. The molecule has 0 saturated heterocycles. The van der Waals surface area contributed by atoms with E-state index < -0.39 is 8.72 Å². The predicted octanol–water partition coefficient (Wildman–Crippen LogP) is 3.53. The zero-order valence-corrected chi connectivity index (χ0v) is 13.7. The molecule has 104 valence electrons. The SMILES string of the molecule is CCC[Si](OCC)(OCC)N(C(C)C)C(C)C. The van der Waals surface area contributed by atoms with Crippen molar-refractivity contribution in [1.82, 2.24) is 4.57 Å². The lowest BCUT2D eigenvalue weighted by Gasteiger charge is -2.44. The second-order valence-corrected chi connectivity index (χ2v) is 7.94. The van der Waals surface area contributed by atoms with Crippen molar-refractivity contribution >= 4 is 8.72 Å². The topological polar surface area (TPSA) is 21.7 Å². The molecule has 0 N–H and O–H groups in total. The Kier molecular flexibility index (Phi) is 8.29. The summed E-state index contributed by atoms with van der Waals surface area (Å²) in [6.45, 7) is 16.7. The fourth-order valence-corrected chi connectivity index (χ4v) is 6.65. The smallest absolute Gasteiger partial charge is 0.383 e. The lowest BCUT2D eigenvalue weighted by atomic mass is 10.3. The van der Waals surface area contributed by atoms with Gasteiger partial charge < -0.3 is 8.85 Å². The van der Waals surface area contributed by atoms with Gasteiger partial charge in [-0.2, -0.15) is 0 Å². The molecule has 0 radical (unpaired) electrons. The molecular formula is C13H31NO2Si. The normalized spacial score (nSPS) is 13.1.